The highest BCUT2D eigenvalue weighted by atomic mass is 32.1. The third-order valence-corrected chi connectivity index (χ3v) is 5.13. The number of aryl methyl sites for hydroxylation is 3. The molecule has 0 saturated carbocycles. The summed E-state index contributed by atoms with van der Waals surface area (Å²) in [7, 11) is 0. The van der Waals surface area contributed by atoms with Gasteiger partial charge in [0.25, 0.3) is 0 Å². The lowest BCUT2D eigenvalue weighted by Gasteiger charge is -2.10. The first kappa shape index (κ1) is 19.4. The summed E-state index contributed by atoms with van der Waals surface area (Å²) in [5, 5.41) is 7.90. The van der Waals surface area contributed by atoms with Crippen LogP contribution in [0.1, 0.15) is 42.4 Å². The van der Waals surface area contributed by atoms with Gasteiger partial charge in [-0.15, -0.1) is 11.3 Å². The fourth-order valence-corrected chi connectivity index (χ4v) is 3.34. The molecule has 0 spiro atoms. The van der Waals surface area contributed by atoms with Gasteiger partial charge in [-0.2, -0.15) is 0 Å². The summed E-state index contributed by atoms with van der Waals surface area (Å²) in [4.78, 5) is 14.7. The van der Waals surface area contributed by atoms with Crippen molar-refractivity contribution in [1.82, 2.24) is 25.2 Å². The van der Waals surface area contributed by atoms with Gasteiger partial charge in [0.2, 0.25) is 0 Å². The van der Waals surface area contributed by atoms with Crippen molar-refractivity contribution in [2.45, 2.75) is 53.0 Å². The second-order valence-electron chi connectivity index (χ2n) is 5.89. The normalized spacial score (nSPS) is 11.7. The van der Waals surface area contributed by atoms with Crippen molar-refractivity contribution in [1.29, 1.82) is 0 Å². The lowest BCUT2D eigenvalue weighted by molar-refractivity contribution is 0.600. The van der Waals surface area contributed by atoms with E-state index < -0.39 is 0 Å². The molecule has 0 aromatic carbocycles. The van der Waals surface area contributed by atoms with Crippen molar-refractivity contribution in [3.63, 3.8) is 0 Å². The fourth-order valence-electron chi connectivity index (χ4n) is 2.48. The van der Waals surface area contributed by atoms with Gasteiger partial charge >= 0.3 is 0 Å². The SMILES string of the molecule is CCNC(=NCCCCn1ccnc1C)NCCc1ncc(CC)s1. The number of hydrogen-bond acceptors (Lipinski definition) is 4. The van der Waals surface area contributed by atoms with Crippen LogP contribution in [0.25, 0.3) is 0 Å². The van der Waals surface area contributed by atoms with E-state index in [2.05, 4.69) is 44.0 Å². The van der Waals surface area contributed by atoms with Gasteiger partial charge in [0, 0.05) is 56.1 Å². The van der Waals surface area contributed by atoms with E-state index in [1.54, 1.807) is 11.3 Å². The van der Waals surface area contributed by atoms with E-state index in [-0.39, 0.29) is 0 Å². The smallest absolute Gasteiger partial charge is 0.191 e. The van der Waals surface area contributed by atoms with Gasteiger partial charge in [-0.3, -0.25) is 4.99 Å². The van der Waals surface area contributed by atoms with Crippen LogP contribution in [0.4, 0.5) is 0 Å². The molecule has 2 N–H and O–H groups in total. The van der Waals surface area contributed by atoms with Gasteiger partial charge in [-0.1, -0.05) is 6.92 Å². The summed E-state index contributed by atoms with van der Waals surface area (Å²) < 4.78 is 2.19. The Bertz CT molecular complexity index is 646. The number of imidazole rings is 1. The van der Waals surface area contributed by atoms with Crippen LogP contribution in [-0.2, 0) is 19.4 Å². The molecule has 6 nitrogen and oxygen atoms in total. The molecular weight excluding hydrogens is 332 g/mol. The van der Waals surface area contributed by atoms with Crippen molar-refractivity contribution in [3.8, 4) is 0 Å². The maximum atomic E-state index is 4.66. The minimum Gasteiger partial charge on any atom is -0.357 e. The summed E-state index contributed by atoms with van der Waals surface area (Å²) in [5.41, 5.74) is 0. The van der Waals surface area contributed by atoms with Crippen LogP contribution in [-0.4, -0.2) is 40.1 Å². The quantitative estimate of drug-likeness (QED) is 0.387. The molecule has 0 bridgehead atoms. The maximum Gasteiger partial charge on any atom is 0.191 e. The molecule has 0 amide bonds. The summed E-state index contributed by atoms with van der Waals surface area (Å²) in [6.07, 6.45) is 10.1. The number of nitrogens with one attached hydrogen (secondary N) is 2. The van der Waals surface area contributed by atoms with Gasteiger partial charge in [0.1, 0.15) is 5.82 Å². The molecule has 0 atom stereocenters. The second-order valence-corrected chi connectivity index (χ2v) is 7.09. The molecule has 2 aromatic rings. The summed E-state index contributed by atoms with van der Waals surface area (Å²) in [6.45, 7) is 9.87. The third-order valence-electron chi connectivity index (χ3n) is 3.93. The predicted octanol–water partition coefficient (Wildman–Crippen LogP) is 2.79. The summed E-state index contributed by atoms with van der Waals surface area (Å²) in [5.74, 6) is 1.97. The molecule has 138 valence electrons. The molecule has 25 heavy (non-hydrogen) atoms. The Balaban J connectivity index is 1.67. The van der Waals surface area contributed by atoms with Crippen LogP contribution < -0.4 is 10.6 Å². The van der Waals surface area contributed by atoms with Crippen LogP contribution in [0.15, 0.2) is 23.6 Å². The van der Waals surface area contributed by atoms with Crippen LogP contribution in [0.3, 0.4) is 0 Å². The highest BCUT2D eigenvalue weighted by molar-refractivity contribution is 7.11. The number of aliphatic imine (C=N–C) groups is 1. The number of aromatic nitrogens is 3. The minimum absolute atomic E-state index is 0.834. The first-order chi connectivity index (χ1) is 12.2. The Morgan fingerprint density at radius 3 is 2.80 bits per heavy atom. The summed E-state index contributed by atoms with van der Waals surface area (Å²) >= 11 is 1.80. The van der Waals surface area contributed by atoms with Gasteiger partial charge in [0.15, 0.2) is 5.96 Å². The van der Waals surface area contributed by atoms with Crippen molar-refractivity contribution < 1.29 is 0 Å². The van der Waals surface area contributed by atoms with E-state index in [9.17, 15) is 0 Å². The molecule has 0 radical (unpaired) electrons. The fraction of sp³-hybridized carbons (Fsp3) is 0.611. The zero-order valence-electron chi connectivity index (χ0n) is 15.6. The number of guanidine groups is 1. The Morgan fingerprint density at radius 1 is 1.24 bits per heavy atom. The first-order valence-electron chi connectivity index (χ1n) is 9.16. The highest BCUT2D eigenvalue weighted by Gasteiger charge is 2.02. The molecule has 2 heterocycles. The monoisotopic (exact) mass is 362 g/mol. The average Bonchev–Trinajstić information content (AvgIpc) is 3.23. The van der Waals surface area contributed by atoms with Gasteiger partial charge in [-0.05, 0) is 33.1 Å². The van der Waals surface area contributed by atoms with Crippen LogP contribution >= 0.6 is 11.3 Å². The molecule has 0 fully saturated rings. The van der Waals surface area contributed by atoms with Crippen LogP contribution in [0.2, 0.25) is 0 Å². The zero-order valence-corrected chi connectivity index (χ0v) is 16.4. The van der Waals surface area contributed by atoms with Crippen molar-refractivity contribution in [2.75, 3.05) is 19.6 Å². The number of thiazole rings is 1. The van der Waals surface area contributed by atoms with Crippen molar-refractivity contribution in [2.24, 2.45) is 4.99 Å². The molecule has 0 unspecified atom stereocenters. The second kappa shape index (κ2) is 10.9. The molecule has 0 aliphatic rings. The van der Waals surface area contributed by atoms with Gasteiger partial charge < -0.3 is 15.2 Å². The largest absolute Gasteiger partial charge is 0.357 e. The van der Waals surface area contributed by atoms with E-state index in [1.807, 2.05) is 25.5 Å². The topological polar surface area (TPSA) is 67.1 Å². The lowest BCUT2D eigenvalue weighted by atomic mass is 10.3. The number of nitrogens with zero attached hydrogens (tertiary/aromatic N) is 4. The molecular formula is C18H30N6S. The van der Waals surface area contributed by atoms with Crippen molar-refractivity contribution in [3.05, 3.63) is 34.3 Å². The van der Waals surface area contributed by atoms with E-state index in [0.29, 0.717) is 0 Å². The molecule has 7 heteroatoms. The van der Waals surface area contributed by atoms with E-state index in [1.165, 1.54) is 9.88 Å². The number of hydrogen-bond donors (Lipinski definition) is 2. The standard InChI is InChI=1S/C18H30N6S/c1-4-16-14-23-17(25-16)8-10-22-18(19-5-2)21-9-6-7-12-24-13-11-20-15(24)3/h11,13-14H,4-10,12H2,1-3H3,(H2,19,21,22). The van der Waals surface area contributed by atoms with Crippen molar-refractivity contribution >= 4 is 17.3 Å². The van der Waals surface area contributed by atoms with E-state index >= 15 is 0 Å². The zero-order chi connectivity index (χ0) is 17.9. The summed E-state index contributed by atoms with van der Waals surface area (Å²) in [6, 6.07) is 0. The first-order valence-corrected chi connectivity index (χ1v) is 9.98. The van der Waals surface area contributed by atoms with Gasteiger partial charge in [-0.25, -0.2) is 9.97 Å². The molecule has 0 aliphatic heterocycles. The molecule has 0 aliphatic carbocycles. The van der Waals surface area contributed by atoms with Crippen LogP contribution in [0.5, 0.6) is 0 Å². The average molecular weight is 363 g/mol. The molecule has 0 saturated heterocycles. The predicted molar refractivity (Wildman–Crippen MR) is 105 cm³/mol. The van der Waals surface area contributed by atoms with E-state index in [0.717, 1.165) is 63.6 Å². The lowest BCUT2D eigenvalue weighted by Crippen LogP contribution is -2.38. The third kappa shape index (κ3) is 6.86. The number of unbranched alkanes of at least 4 members (excludes halogenated alkanes) is 1. The van der Waals surface area contributed by atoms with E-state index in [4.69, 9.17) is 0 Å². The minimum atomic E-state index is 0.834. The Labute approximate surface area is 154 Å². The maximum absolute atomic E-state index is 4.66. The Hall–Kier alpha value is -1.89. The molecule has 2 aromatic heterocycles. The number of rotatable bonds is 10. The Kier molecular flexibility index (Phi) is 8.45. The highest BCUT2D eigenvalue weighted by Crippen LogP contribution is 2.13. The molecule has 2 rings (SSSR count). The van der Waals surface area contributed by atoms with Gasteiger partial charge in [0.05, 0.1) is 5.01 Å². The Morgan fingerprint density at radius 2 is 2.12 bits per heavy atom. The van der Waals surface area contributed by atoms with Crippen LogP contribution in [0, 0.1) is 6.92 Å².